The maximum atomic E-state index is 6.63. The summed E-state index contributed by atoms with van der Waals surface area (Å²) < 4.78 is 26.2. The van der Waals surface area contributed by atoms with Crippen LogP contribution in [0.5, 0.6) is 0 Å². The van der Waals surface area contributed by atoms with Crippen LogP contribution in [0.15, 0.2) is 157 Å². The molecule has 0 aliphatic heterocycles. The van der Waals surface area contributed by atoms with E-state index in [1.54, 1.807) is 0 Å². The van der Waals surface area contributed by atoms with Gasteiger partial charge in [0, 0.05) is 37.6 Å². The molecule has 11 aromatic rings. The standard InChI is InChI=1S/C49H30O4/c1-49(23-22-42-38(27-49)46-44(51-42)21-16-34-36-25-31(29-10-6-3-7-11-29)13-18-40(36)53-48(34)46)32-14-19-41-37(26-32)45-43(50-41)20-15-33-35-24-30(28-8-4-2-5-9-28)12-17-39(35)52-47(33)45/h2-22,24-27H,23H2,1H3. The summed E-state index contributed by atoms with van der Waals surface area (Å²) in [5.74, 6) is 0. The third-order valence-electron chi connectivity index (χ3n) is 11.5. The quantitative estimate of drug-likeness (QED) is 0.186. The van der Waals surface area contributed by atoms with E-state index >= 15 is 0 Å². The van der Waals surface area contributed by atoms with E-state index < -0.39 is 0 Å². The van der Waals surface area contributed by atoms with Crippen molar-refractivity contribution in [2.24, 2.45) is 0 Å². The zero-order chi connectivity index (χ0) is 34.8. The smallest absolute Gasteiger partial charge is 0.147 e. The van der Waals surface area contributed by atoms with Crippen molar-refractivity contribution in [3.8, 4) is 22.3 Å². The lowest BCUT2D eigenvalue weighted by atomic mass is 9.76. The highest BCUT2D eigenvalue weighted by Crippen LogP contribution is 2.43. The molecule has 1 unspecified atom stereocenters. The fraction of sp³-hybridized carbons (Fsp3) is 0.0612. The van der Waals surface area contributed by atoms with Gasteiger partial charge in [0.05, 0.1) is 10.8 Å². The molecule has 0 amide bonds. The fourth-order valence-electron chi connectivity index (χ4n) is 8.71. The van der Waals surface area contributed by atoms with Gasteiger partial charge in [-0.1, -0.05) is 91.9 Å². The minimum Gasteiger partial charge on any atom is -0.456 e. The van der Waals surface area contributed by atoms with E-state index in [0.29, 0.717) is 0 Å². The molecule has 0 saturated carbocycles. The molecule has 0 saturated heterocycles. The summed E-state index contributed by atoms with van der Waals surface area (Å²) >= 11 is 0. The Kier molecular flexibility index (Phi) is 5.66. The topological polar surface area (TPSA) is 52.6 Å². The van der Waals surface area contributed by atoms with Gasteiger partial charge in [-0.05, 0) is 101 Å². The highest BCUT2D eigenvalue weighted by molar-refractivity contribution is 6.22. The summed E-state index contributed by atoms with van der Waals surface area (Å²) in [6.07, 6.45) is 5.41. The monoisotopic (exact) mass is 682 g/mol. The molecule has 1 aliphatic carbocycles. The van der Waals surface area contributed by atoms with Crippen LogP contribution in [-0.4, -0.2) is 0 Å². The molecule has 1 aliphatic rings. The Hall–Kier alpha value is -6.78. The summed E-state index contributed by atoms with van der Waals surface area (Å²) in [6, 6.07) is 48.9. The van der Waals surface area contributed by atoms with Crippen LogP contribution in [0.3, 0.4) is 0 Å². The maximum absolute atomic E-state index is 6.63. The largest absolute Gasteiger partial charge is 0.456 e. The average molecular weight is 683 g/mol. The molecule has 250 valence electrons. The van der Waals surface area contributed by atoms with E-state index in [1.807, 2.05) is 12.1 Å². The van der Waals surface area contributed by atoms with Crippen molar-refractivity contribution in [3.05, 3.63) is 156 Å². The fourth-order valence-corrected chi connectivity index (χ4v) is 8.71. The highest BCUT2D eigenvalue weighted by atomic mass is 16.4. The normalized spacial score (nSPS) is 15.9. The number of fused-ring (bicyclic) bond motifs is 14. The Morgan fingerprint density at radius 1 is 0.434 bits per heavy atom. The number of rotatable bonds is 3. The maximum Gasteiger partial charge on any atom is 0.147 e. The van der Waals surface area contributed by atoms with E-state index in [-0.39, 0.29) is 5.41 Å². The second-order valence-corrected chi connectivity index (χ2v) is 14.7. The lowest BCUT2D eigenvalue weighted by molar-refractivity contribution is 0.558. The SMILES string of the molecule is CC1(c2ccc3oc4ccc5c6cc(-c7ccccc7)ccc6oc5c4c3c2)C=c2c(oc3ccc4c5cc(-c6ccccc6)ccc5oc4c23)=CC1. The Labute approximate surface area is 302 Å². The van der Waals surface area contributed by atoms with Crippen LogP contribution in [0, 0.1) is 0 Å². The van der Waals surface area contributed by atoms with Gasteiger partial charge >= 0.3 is 0 Å². The van der Waals surface area contributed by atoms with E-state index in [4.69, 9.17) is 17.7 Å². The first-order chi connectivity index (χ1) is 26.1. The summed E-state index contributed by atoms with van der Waals surface area (Å²) in [6.45, 7) is 2.31. The van der Waals surface area contributed by atoms with Crippen molar-refractivity contribution in [3.63, 3.8) is 0 Å². The molecule has 1 atom stereocenters. The highest BCUT2D eigenvalue weighted by Gasteiger charge is 2.29. The number of benzene rings is 7. The van der Waals surface area contributed by atoms with Crippen LogP contribution < -0.4 is 10.6 Å². The second-order valence-electron chi connectivity index (χ2n) is 14.7. The molecular weight excluding hydrogens is 653 g/mol. The number of furan rings is 4. The van der Waals surface area contributed by atoms with Gasteiger partial charge in [0.2, 0.25) is 0 Å². The van der Waals surface area contributed by atoms with Gasteiger partial charge in [-0.15, -0.1) is 0 Å². The molecule has 0 N–H and O–H groups in total. The first kappa shape index (κ1) is 28.9. The van der Waals surface area contributed by atoms with Gasteiger partial charge in [-0.2, -0.15) is 0 Å². The Morgan fingerprint density at radius 3 is 1.62 bits per heavy atom. The van der Waals surface area contributed by atoms with Gasteiger partial charge in [0.25, 0.3) is 0 Å². The van der Waals surface area contributed by atoms with Gasteiger partial charge in [-0.3, -0.25) is 0 Å². The number of hydrogen-bond acceptors (Lipinski definition) is 4. The first-order valence-electron chi connectivity index (χ1n) is 18.1. The molecule has 0 bridgehead atoms. The van der Waals surface area contributed by atoms with Crippen molar-refractivity contribution in [2.45, 2.75) is 18.8 Å². The minimum absolute atomic E-state index is 0.303. The van der Waals surface area contributed by atoms with Gasteiger partial charge < -0.3 is 17.7 Å². The molecule has 4 nitrogen and oxygen atoms in total. The average Bonchev–Trinajstić information content (AvgIpc) is 3.97. The lowest BCUT2D eigenvalue weighted by Gasteiger charge is -2.27. The van der Waals surface area contributed by atoms with E-state index in [2.05, 4.69) is 146 Å². The first-order valence-corrected chi connectivity index (χ1v) is 18.1. The molecule has 4 heteroatoms. The zero-order valence-corrected chi connectivity index (χ0v) is 28.8. The minimum atomic E-state index is -0.303. The predicted molar refractivity (Wildman–Crippen MR) is 216 cm³/mol. The van der Waals surface area contributed by atoms with Crippen molar-refractivity contribution in [1.29, 1.82) is 0 Å². The Morgan fingerprint density at radius 2 is 0.981 bits per heavy atom. The Balaban J connectivity index is 1.03. The lowest BCUT2D eigenvalue weighted by Crippen LogP contribution is -2.32. The summed E-state index contributed by atoms with van der Waals surface area (Å²) in [7, 11) is 0. The van der Waals surface area contributed by atoms with Crippen molar-refractivity contribution in [1.82, 2.24) is 0 Å². The molecule has 4 aromatic heterocycles. The third-order valence-corrected chi connectivity index (χ3v) is 11.5. The van der Waals surface area contributed by atoms with Crippen LogP contribution >= 0.6 is 0 Å². The number of hydrogen-bond donors (Lipinski definition) is 0. The molecule has 0 radical (unpaired) electrons. The van der Waals surface area contributed by atoms with Crippen LogP contribution in [0.2, 0.25) is 0 Å². The Bertz CT molecular complexity index is 3430. The summed E-state index contributed by atoms with van der Waals surface area (Å²) in [5.41, 5.74) is 12.5. The summed E-state index contributed by atoms with van der Waals surface area (Å²) in [4.78, 5) is 0. The molecule has 12 rings (SSSR count). The van der Waals surface area contributed by atoms with E-state index in [9.17, 15) is 0 Å². The third kappa shape index (κ3) is 4.12. The predicted octanol–water partition coefficient (Wildman–Crippen LogP) is 12.4. The molecule has 0 fully saturated rings. The molecular formula is C49H30O4. The molecule has 7 aromatic carbocycles. The van der Waals surface area contributed by atoms with Crippen LogP contribution in [0.4, 0.5) is 0 Å². The van der Waals surface area contributed by atoms with Crippen molar-refractivity contribution >= 4 is 88.9 Å². The van der Waals surface area contributed by atoms with Gasteiger partial charge in [0.1, 0.15) is 44.5 Å². The van der Waals surface area contributed by atoms with Crippen molar-refractivity contribution in [2.75, 3.05) is 0 Å². The van der Waals surface area contributed by atoms with Crippen molar-refractivity contribution < 1.29 is 17.7 Å². The molecule has 53 heavy (non-hydrogen) atoms. The molecule has 4 heterocycles. The van der Waals surface area contributed by atoms with E-state index in [1.165, 1.54) is 27.8 Å². The summed E-state index contributed by atoms with van der Waals surface area (Å²) in [5, 5.41) is 8.53. The van der Waals surface area contributed by atoms with Gasteiger partial charge in [0.15, 0.2) is 0 Å². The zero-order valence-electron chi connectivity index (χ0n) is 28.8. The molecule has 0 spiro atoms. The van der Waals surface area contributed by atoms with E-state index in [0.717, 1.165) is 93.8 Å². The van der Waals surface area contributed by atoms with Crippen LogP contribution in [0.1, 0.15) is 18.9 Å². The van der Waals surface area contributed by atoms with Crippen LogP contribution in [-0.2, 0) is 5.41 Å². The second kappa shape index (κ2) is 10.4. The van der Waals surface area contributed by atoms with Crippen LogP contribution in [0.25, 0.3) is 111 Å². The van der Waals surface area contributed by atoms with Gasteiger partial charge in [-0.25, -0.2) is 0 Å².